The Balaban J connectivity index is 1.95. The third-order valence-corrected chi connectivity index (χ3v) is 4.74. The van der Waals surface area contributed by atoms with Crippen molar-refractivity contribution in [2.75, 3.05) is 19.0 Å². The quantitative estimate of drug-likeness (QED) is 0.605. The van der Waals surface area contributed by atoms with Gasteiger partial charge in [-0.3, -0.25) is 14.4 Å². The number of methoxy groups -OCH3 is 1. The van der Waals surface area contributed by atoms with Crippen LogP contribution in [-0.2, 0) is 14.3 Å². The van der Waals surface area contributed by atoms with Crippen LogP contribution < -0.4 is 10.6 Å². The van der Waals surface area contributed by atoms with Crippen molar-refractivity contribution in [3.63, 3.8) is 0 Å². The van der Waals surface area contributed by atoms with Gasteiger partial charge in [-0.15, -0.1) is 0 Å². The lowest BCUT2D eigenvalue weighted by Crippen LogP contribution is -2.30. The third kappa shape index (κ3) is 4.50. The molecule has 0 aliphatic heterocycles. The van der Waals surface area contributed by atoms with Gasteiger partial charge >= 0.3 is 5.97 Å². The van der Waals surface area contributed by atoms with Gasteiger partial charge in [-0.1, -0.05) is 25.5 Å². The molecule has 2 atom stereocenters. The monoisotopic (exact) mass is 358 g/mol. The van der Waals surface area contributed by atoms with Gasteiger partial charge < -0.3 is 15.4 Å². The number of hydrogen-bond acceptors (Lipinski definition) is 4. The molecule has 0 saturated heterocycles. The summed E-state index contributed by atoms with van der Waals surface area (Å²) in [5, 5.41) is 5.38. The van der Waals surface area contributed by atoms with Crippen molar-refractivity contribution >= 4 is 23.5 Å². The van der Waals surface area contributed by atoms with Crippen LogP contribution in [0.15, 0.2) is 35.9 Å². The molecular formula is C20H26N2O4. The zero-order chi connectivity index (χ0) is 19.5. The molecule has 1 fully saturated rings. The largest absolute Gasteiger partial charge is 0.468 e. The number of amides is 2. The normalized spacial score (nSPS) is 19.9. The molecule has 0 radical (unpaired) electrons. The molecule has 0 aromatic heterocycles. The molecule has 26 heavy (non-hydrogen) atoms. The summed E-state index contributed by atoms with van der Waals surface area (Å²) in [4.78, 5) is 35.5. The van der Waals surface area contributed by atoms with Crippen LogP contribution in [-0.4, -0.2) is 31.4 Å². The van der Waals surface area contributed by atoms with Crippen LogP contribution >= 0.6 is 0 Å². The zero-order valence-electron chi connectivity index (χ0n) is 15.9. The summed E-state index contributed by atoms with van der Waals surface area (Å²) in [7, 11) is 1.26. The first-order chi connectivity index (χ1) is 12.2. The molecule has 1 aliphatic carbocycles. The standard InChI is InChI=1S/C20H26N2O4/c1-12(2)10-15-17(20(15,3)4)19(25)22-14-8-6-13(7-9-14)18(24)21-11-16(23)26-5/h6-10,15,17H,11H2,1-5H3,(H,21,24)(H,22,25). The lowest BCUT2D eigenvalue weighted by atomic mass is 10.1. The molecule has 6 nitrogen and oxygen atoms in total. The Kier molecular flexibility index (Phi) is 5.85. The predicted octanol–water partition coefficient (Wildman–Crippen LogP) is 2.77. The number of carbonyl (C=O) groups excluding carboxylic acids is 3. The first kappa shape index (κ1) is 19.7. The van der Waals surface area contributed by atoms with Gasteiger partial charge in [0, 0.05) is 11.3 Å². The zero-order valence-corrected chi connectivity index (χ0v) is 15.9. The van der Waals surface area contributed by atoms with E-state index in [9.17, 15) is 14.4 Å². The van der Waals surface area contributed by atoms with E-state index < -0.39 is 5.97 Å². The van der Waals surface area contributed by atoms with Gasteiger partial charge in [0.15, 0.2) is 0 Å². The van der Waals surface area contributed by atoms with Crippen molar-refractivity contribution in [1.29, 1.82) is 0 Å². The molecule has 2 N–H and O–H groups in total. The maximum Gasteiger partial charge on any atom is 0.325 e. The van der Waals surface area contributed by atoms with E-state index in [1.807, 2.05) is 13.8 Å². The summed E-state index contributed by atoms with van der Waals surface area (Å²) in [5.74, 6) is -0.711. The second-order valence-electron chi connectivity index (χ2n) is 7.39. The smallest absolute Gasteiger partial charge is 0.325 e. The molecular weight excluding hydrogens is 332 g/mol. The van der Waals surface area contributed by atoms with Crippen molar-refractivity contribution in [3.8, 4) is 0 Å². The molecule has 1 aromatic carbocycles. The van der Waals surface area contributed by atoms with E-state index in [2.05, 4.69) is 35.3 Å². The van der Waals surface area contributed by atoms with Crippen molar-refractivity contribution in [2.45, 2.75) is 27.7 Å². The van der Waals surface area contributed by atoms with E-state index in [-0.39, 0.29) is 35.6 Å². The molecule has 6 heteroatoms. The second-order valence-corrected chi connectivity index (χ2v) is 7.39. The number of rotatable bonds is 6. The fraction of sp³-hybridized carbons (Fsp3) is 0.450. The van der Waals surface area contributed by atoms with Crippen molar-refractivity contribution in [3.05, 3.63) is 41.5 Å². The van der Waals surface area contributed by atoms with Gasteiger partial charge in [0.05, 0.1) is 13.0 Å². The highest BCUT2D eigenvalue weighted by Gasteiger charge is 2.60. The van der Waals surface area contributed by atoms with Crippen molar-refractivity contribution in [2.24, 2.45) is 17.3 Å². The van der Waals surface area contributed by atoms with E-state index in [0.29, 0.717) is 11.3 Å². The number of ether oxygens (including phenoxy) is 1. The number of allylic oxidation sites excluding steroid dienone is 2. The Morgan fingerprint density at radius 3 is 2.31 bits per heavy atom. The molecule has 140 valence electrons. The minimum atomic E-state index is -0.514. The van der Waals surface area contributed by atoms with Crippen LogP contribution in [0.5, 0.6) is 0 Å². The van der Waals surface area contributed by atoms with E-state index in [1.165, 1.54) is 12.7 Å². The predicted molar refractivity (Wildman–Crippen MR) is 99.6 cm³/mol. The van der Waals surface area contributed by atoms with E-state index >= 15 is 0 Å². The van der Waals surface area contributed by atoms with Gasteiger partial charge in [0.1, 0.15) is 6.54 Å². The molecule has 0 bridgehead atoms. The van der Waals surface area contributed by atoms with E-state index in [4.69, 9.17) is 0 Å². The van der Waals surface area contributed by atoms with E-state index in [0.717, 1.165) is 0 Å². The Morgan fingerprint density at radius 2 is 1.77 bits per heavy atom. The van der Waals surface area contributed by atoms with Crippen LogP contribution in [0, 0.1) is 17.3 Å². The highest BCUT2D eigenvalue weighted by molar-refractivity contribution is 5.98. The Hall–Kier alpha value is -2.63. The summed E-state index contributed by atoms with van der Waals surface area (Å²) in [6.45, 7) is 8.07. The minimum absolute atomic E-state index is 0.0135. The molecule has 2 amide bonds. The van der Waals surface area contributed by atoms with Gasteiger partial charge in [-0.05, 0) is 49.4 Å². The number of carbonyl (C=O) groups is 3. The first-order valence-electron chi connectivity index (χ1n) is 8.57. The first-order valence-corrected chi connectivity index (χ1v) is 8.57. The average molecular weight is 358 g/mol. The van der Waals surface area contributed by atoms with Gasteiger partial charge in [-0.25, -0.2) is 0 Å². The Labute approximate surface area is 154 Å². The average Bonchev–Trinajstić information content (AvgIpc) is 3.12. The highest BCUT2D eigenvalue weighted by atomic mass is 16.5. The minimum Gasteiger partial charge on any atom is -0.468 e. The molecule has 1 saturated carbocycles. The van der Waals surface area contributed by atoms with Crippen LogP contribution in [0.25, 0.3) is 0 Å². The number of nitrogens with one attached hydrogen (secondary N) is 2. The van der Waals surface area contributed by atoms with Crippen molar-refractivity contribution in [1.82, 2.24) is 5.32 Å². The SMILES string of the molecule is COC(=O)CNC(=O)c1ccc(NC(=O)C2C(C=C(C)C)C2(C)C)cc1. The lowest BCUT2D eigenvalue weighted by molar-refractivity contribution is -0.139. The van der Waals surface area contributed by atoms with Crippen LogP contribution in [0.2, 0.25) is 0 Å². The van der Waals surface area contributed by atoms with E-state index in [1.54, 1.807) is 24.3 Å². The van der Waals surface area contributed by atoms with Crippen molar-refractivity contribution < 1.29 is 19.1 Å². The number of esters is 1. The summed E-state index contributed by atoms with van der Waals surface area (Å²) in [5.41, 5.74) is 2.20. The molecule has 2 unspecified atom stereocenters. The fourth-order valence-electron chi connectivity index (χ4n) is 3.10. The number of anilines is 1. The fourth-order valence-corrected chi connectivity index (χ4v) is 3.10. The summed E-state index contributed by atoms with van der Waals surface area (Å²) >= 11 is 0. The molecule has 0 heterocycles. The Bertz CT molecular complexity index is 731. The molecule has 0 spiro atoms. The molecule has 1 aliphatic rings. The van der Waals surface area contributed by atoms with Gasteiger partial charge in [0.2, 0.25) is 5.91 Å². The Morgan fingerprint density at radius 1 is 1.15 bits per heavy atom. The highest BCUT2D eigenvalue weighted by Crippen LogP contribution is 2.59. The summed E-state index contributed by atoms with van der Waals surface area (Å²) in [6, 6.07) is 6.56. The summed E-state index contributed by atoms with van der Waals surface area (Å²) in [6.07, 6.45) is 2.15. The third-order valence-electron chi connectivity index (χ3n) is 4.74. The van der Waals surface area contributed by atoms with Crippen LogP contribution in [0.4, 0.5) is 5.69 Å². The molecule has 2 rings (SSSR count). The lowest BCUT2D eigenvalue weighted by Gasteiger charge is -2.08. The maximum atomic E-state index is 12.5. The van der Waals surface area contributed by atoms with Gasteiger partial charge in [-0.2, -0.15) is 0 Å². The number of benzene rings is 1. The summed E-state index contributed by atoms with van der Waals surface area (Å²) < 4.78 is 4.47. The maximum absolute atomic E-state index is 12.5. The number of hydrogen-bond donors (Lipinski definition) is 2. The second kappa shape index (κ2) is 7.72. The van der Waals surface area contributed by atoms with Crippen LogP contribution in [0.3, 0.4) is 0 Å². The topological polar surface area (TPSA) is 84.5 Å². The van der Waals surface area contributed by atoms with Gasteiger partial charge in [0.25, 0.3) is 5.91 Å². The van der Waals surface area contributed by atoms with Crippen LogP contribution in [0.1, 0.15) is 38.1 Å². The molecule has 1 aromatic rings.